The number of ether oxygens (including phenoxy) is 26. The summed E-state index contributed by atoms with van der Waals surface area (Å²) < 4.78 is 134. The number of unbranched alkanes of at least 4 members (excludes halogenated alkanes) is 2. The highest BCUT2D eigenvalue weighted by Gasteiger charge is 2.60. The molecule has 0 aromatic carbocycles. The molecule has 148 heavy (non-hydrogen) atoms. The van der Waals surface area contributed by atoms with E-state index in [0.717, 1.165) is 185 Å². The largest absolute Gasteiger partial charge is 0.502 e. The highest BCUT2D eigenvalue weighted by Crippen LogP contribution is 2.69. The molecular weight excluding hydrogens is 1880 g/mol. The SMILES string of the molecule is C=COCC(C)(C)COC=C.C=COCC(C)OCC(C)OC=C.C=COCC(CC)(COC=C)COC=C.C=COCC(CC)C(CCC)OC=C.C=COCC1CCC(COC=C)CC1.C=COCC1CCC(COCC2CO2)CC1.C=COCCCC1CC2CCC1(C)C2(C)C.C=COCCCC1CC2CCC1C2.C=COCCCCOC=C.C=COCCCCOCC1CO1.C=COCCOCCOCCOC=C. The third-order valence-corrected chi connectivity index (χ3v) is 27.2. The van der Waals surface area contributed by atoms with Crippen molar-refractivity contribution in [2.45, 2.75) is 273 Å². The fourth-order valence-corrected chi connectivity index (χ4v) is 17.9. The molecule has 26 nitrogen and oxygen atoms in total. The Morgan fingerprint density at radius 2 is 0.716 bits per heavy atom. The fraction of sp³-hybridized carbons (Fsp3) is 0.689. The van der Waals surface area contributed by atoms with Crippen LogP contribution in [0.1, 0.15) is 243 Å². The van der Waals surface area contributed by atoms with Crippen LogP contribution < -0.4 is 0 Å². The van der Waals surface area contributed by atoms with Gasteiger partial charge in [0.25, 0.3) is 0 Å². The number of fused-ring (bicyclic) bond motifs is 4. The summed E-state index contributed by atoms with van der Waals surface area (Å²) >= 11 is 0. The van der Waals surface area contributed by atoms with Gasteiger partial charge in [-0.15, -0.1) is 0 Å². The summed E-state index contributed by atoms with van der Waals surface area (Å²) in [6, 6.07) is 0. The Labute approximate surface area is 901 Å². The lowest BCUT2D eigenvalue weighted by Gasteiger charge is -2.39. The summed E-state index contributed by atoms with van der Waals surface area (Å²) in [5.41, 5.74) is 0.988. The van der Waals surface area contributed by atoms with Crippen molar-refractivity contribution >= 4 is 0 Å². The van der Waals surface area contributed by atoms with Gasteiger partial charge in [-0.05, 0) is 238 Å². The van der Waals surface area contributed by atoms with E-state index in [1.807, 2.05) is 13.8 Å². The van der Waals surface area contributed by atoms with Crippen molar-refractivity contribution in [3.63, 3.8) is 0 Å². The number of epoxide rings is 2. The summed E-state index contributed by atoms with van der Waals surface area (Å²) in [6.07, 6.45) is 62.8. The summed E-state index contributed by atoms with van der Waals surface area (Å²) in [6.45, 7) is 107. The Morgan fingerprint density at radius 1 is 0.338 bits per heavy atom. The third-order valence-electron chi connectivity index (χ3n) is 27.2. The molecule has 6 saturated carbocycles. The quantitative estimate of drug-likeness (QED) is 0.0312. The zero-order chi connectivity index (χ0) is 110. The van der Waals surface area contributed by atoms with Crippen molar-refractivity contribution in [3.8, 4) is 0 Å². The van der Waals surface area contributed by atoms with Gasteiger partial charge in [0, 0.05) is 24.5 Å². The summed E-state index contributed by atoms with van der Waals surface area (Å²) in [5, 5.41) is 0. The molecule has 0 amide bonds. The van der Waals surface area contributed by atoms with E-state index < -0.39 is 0 Å². The minimum atomic E-state index is -0.184. The molecule has 26 heteroatoms. The highest BCUT2D eigenvalue weighted by atomic mass is 16.6. The zero-order valence-corrected chi connectivity index (χ0v) is 94.6. The van der Waals surface area contributed by atoms with Crippen molar-refractivity contribution in [3.05, 3.63) is 244 Å². The first-order chi connectivity index (χ1) is 71.8. The van der Waals surface area contributed by atoms with Crippen molar-refractivity contribution in [2.24, 2.45) is 80.8 Å². The van der Waals surface area contributed by atoms with E-state index in [1.165, 1.54) is 222 Å². The predicted octanol–water partition coefficient (Wildman–Crippen LogP) is 28.8. The predicted molar refractivity (Wildman–Crippen MR) is 603 cm³/mol. The van der Waals surface area contributed by atoms with E-state index in [-0.39, 0.29) is 29.1 Å². The van der Waals surface area contributed by atoms with Crippen LogP contribution >= 0.6 is 0 Å². The van der Waals surface area contributed by atoms with Gasteiger partial charge in [0.2, 0.25) is 0 Å². The van der Waals surface area contributed by atoms with Gasteiger partial charge in [-0.25, -0.2) is 0 Å². The first kappa shape index (κ1) is 143. The molecule has 2 aliphatic heterocycles. The van der Waals surface area contributed by atoms with E-state index in [4.69, 9.17) is 123 Å². The molecule has 12 atom stereocenters. The molecule has 0 spiro atoms. The molecule has 0 aromatic heterocycles. The molecule has 8 aliphatic rings. The van der Waals surface area contributed by atoms with E-state index in [0.29, 0.717) is 133 Å². The van der Waals surface area contributed by atoms with Crippen LogP contribution in [0.2, 0.25) is 0 Å². The number of rotatable bonds is 82. The molecule has 856 valence electrons. The minimum Gasteiger partial charge on any atom is -0.502 e. The van der Waals surface area contributed by atoms with Crippen LogP contribution in [0.25, 0.3) is 0 Å². The Balaban J connectivity index is -0.00000157. The molecule has 8 fully saturated rings. The monoisotopic (exact) mass is 2090 g/mol. The molecule has 6 aliphatic carbocycles. The molecule has 0 aromatic rings. The maximum absolute atomic E-state index is 5.64. The molecular formula is C122H212O26. The van der Waals surface area contributed by atoms with E-state index in [2.05, 4.69) is 180 Å². The van der Waals surface area contributed by atoms with Crippen molar-refractivity contribution < 1.29 is 123 Å². The van der Waals surface area contributed by atoms with Gasteiger partial charge in [-0.2, -0.15) is 0 Å². The smallest absolute Gasteiger partial charge is 0.118 e. The zero-order valence-electron chi connectivity index (χ0n) is 94.6. The summed E-state index contributed by atoms with van der Waals surface area (Å²) in [7, 11) is 0. The van der Waals surface area contributed by atoms with Crippen molar-refractivity contribution in [1.82, 2.24) is 0 Å². The van der Waals surface area contributed by atoms with Gasteiger partial charge in [0.15, 0.2) is 0 Å². The maximum Gasteiger partial charge on any atom is 0.118 e. The third kappa shape index (κ3) is 80.0. The van der Waals surface area contributed by atoms with E-state index >= 15 is 0 Å². The molecule has 0 N–H and O–H groups in total. The van der Waals surface area contributed by atoms with Crippen molar-refractivity contribution in [2.75, 3.05) is 185 Å². The first-order valence-electron chi connectivity index (χ1n) is 54.3. The second-order valence-electron chi connectivity index (χ2n) is 39.2. The van der Waals surface area contributed by atoms with Crippen LogP contribution in [0.15, 0.2) is 244 Å². The lowest BCUT2D eigenvalue weighted by Crippen LogP contribution is -2.35. The van der Waals surface area contributed by atoms with Crippen LogP contribution in [0.4, 0.5) is 0 Å². The van der Waals surface area contributed by atoms with Crippen LogP contribution in [0.3, 0.4) is 0 Å². The Morgan fingerprint density at radius 3 is 1.07 bits per heavy atom. The van der Waals surface area contributed by atoms with Gasteiger partial charge in [0.05, 0.1) is 282 Å². The Bertz CT molecular complexity index is 3120. The molecule has 12 unspecified atom stereocenters. The van der Waals surface area contributed by atoms with Gasteiger partial charge < -0.3 is 123 Å². The fourth-order valence-electron chi connectivity index (χ4n) is 17.9. The lowest BCUT2D eigenvalue weighted by molar-refractivity contribution is -0.0242. The van der Waals surface area contributed by atoms with Gasteiger partial charge >= 0.3 is 0 Å². The molecule has 4 bridgehead atoms. The molecule has 0 radical (unpaired) electrons. The first-order valence-corrected chi connectivity index (χ1v) is 54.3. The second kappa shape index (κ2) is 101. The minimum absolute atomic E-state index is 0.0162. The normalized spacial score (nSPS) is 21.2. The Kier molecular flexibility index (Phi) is 97.8. The number of hydrogen-bond acceptors (Lipinski definition) is 26. The summed E-state index contributed by atoms with van der Waals surface area (Å²) in [4.78, 5) is 0. The van der Waals surface area contributed by atoms with Crippen LogP contribution in [0, 0.1) is 80.8 Å². The van der Waals surface area contributed by atoms with Crippen LogP contribution in [-0.2, 0) is 123 Å². The molecule has 2 heterocycles. The van der Waals surface area contributed by atoms with Gasteiger partial charge in [0.1, 0.15) is 44.2 Å². The summed E-state index contributed by atoms with van der Waals surface area (Å²) in [5.74, 6) is 8.43. The van der Waals surface area contributed by atoms with E-state index in [9.17, 15) is 0 Å². The Hall–Kier alpha value is -9.02. The molecule has 8 rings (SSSR count). The topological polar surface area (TPSA) is 247 Å². The number of hydrogen-bond donors (Lipinski definition) is 0. The van der Waals surface area contributed by atoms with E-state index in [1.54, 1.807) is 18.8 Å². The van der Waals surface area contributed by atoms with Crippen molar-refractivity contribution in [1.29, 1.82) is 0 Å². The standard InChI is InChI=1S/C15H26O.C13H22O3.C12H20O3.C12H20O2.C12H22O2.C12H20O.C10H18O4.C10H18O3.C9H16O3.C9H16O2.C8H14O2/c1-5-16-10-6-7-13-11-12-8-9-15(13,4)14(12,2)3;1-2-14-7-11-3-5-12(6-4-11)8-15-9-13-10-16-13;1-5-12(9-13-6-2,10-14-7-3)11-15-8-4;1-3-13-9-11-5-7-12(8-6-11)10-14-4-2;1-5-9-12(14-8-4)11(6-2)10-13-7-3;1-2-13-7-3-4-11-8-10-5-6-12(11)9-10;1-3-11-5-7-13-9-10-14-8-6-12-4-2;1-5-11-7-9(3)13-8-10(4)12-6-2;1-2-10-5-3-4-6-11-7-9-8-12-9;1-5-10-7-9(3,4)8-11-6-2;1-3-9-7-5-6-8-10-4-2/h5,12-13H,1,6-11H2,2-4H3;2,11-13H,1,3-10H2;6-8H,2-5,9-11H2,1H3;3-4,11-12H,1-2,5-10H2;7-8,11-12H,3-6,9-10H2,1-2H3;2,10-12H,1,3-9H2;3-4H,1-2,5-10H2;5-6,9-10H,1-2,7-8H2,3-4H3;2,9H,1,3-8H2;5-6H,1-2,7-8H2,3-4H3;3-4H,1-2,5-8H2. The van der Waals surface area contributed by atoms with Gasteiger partial charge in [-0.1, -0.05) is 193 Å². The van der Waals surface area contributed by atoms with Crippen LogP contribution in [-0.4, -0.2) is 216 Å². The highest BCUT2D eigenvalue weighted by molar-refractivity contribution is 5.10. The van der Waals surface area contributed by atoms with Crippen LogP contribution in [0.5, 0.6) is 0 Å². The average molecular weight is 2100 g/mol. The maximum atomic E-state index is 5.64. The lowest BCUT2D eigenvalue weighted by atomic mass is 9.66. The molecule has 2 saturated heterocycles. The second-order valence-corrected chi connectivity index (χ2v) is 39.2. The average Bonchev–Trinajstić information content (AvgIpc) is 1.56. The van der Waals surface area contributed by atoms with Gasteiger partial charge in [-0.3, -0.25) is 0 Å².